The zero-order valence-corrected chi connectivity index (χ0v) is 22.4. The zero-order chi connectivity index (χ0) is 24.6. The van der Waals surface area contributed by atoms with E-state index in [9.17, 15) is 9.59 Å². The fourth-order valence-electron chi connectivity index (χ4n) is 4.18. The lowest BCUT2D eigenvalue weighted by atomic mass is 10.0. The van der Waals surface area contributed by atoms with E-state index in [1.807, 2.05) is 19.9 Å². The molecule has 0 spiro atoms. The molecule has 0 aliphatic heterocycles. The Morgan fingerprint density at radius 2 is 1.18 bits per heavy atom. The van der Waals surface area contributed by atoms with Gasteiger partial charge < -0.3 is 10.6 Å². The van der Waals surface area contributed by atoms with E-state index in [1.54, 1.807) is 0 Å². The summed E-state index contributed by atoms with van der Waals surface area (Å²) in [6.45, 7) is 10.6. The number of carbonyl (C=O) groups excluding carboxylic acids is 2. The normalized spacial score (nSPS) is 12.0. The number of carbonyl (C=O) groups is 2. The summed E-state index contributed by atoms with van der Waals surface area (Å²) in [4.78, 5) is 24.5. The number of rotatable bonds is 24. The van der Waals surface area contributed by atoms with E-state index in [0.29, 0.717) is 13.0 Å². The minimum Gasteiger partial charge on any atom is -0.354 e. The highest BCUT2D eigenvalue weighted by molar-refractivity contribution is 5.87. The third-order valence-electron chi connectivity index (χ3n) is 6.41. The van der Waals surface area contributed by atoms with E-state index in [0.717, 1.165) is 19.3 Å². The predicted octanol–water partition coefficient (Wildman–Crippen LogP) is 7.86. The Hall–Kier alpha value is -1.32. The number of hydrogen-bond donors (Lipinski definition) is 2. The average Bonchev–Trinajstić information content (AvgIpc) is 2.79. The van der Waals surface area contributed by atoms with Crippen LogP contribution in [0.15, 0.2) is 12.7 Å². The monoisotopic (exact) mass is 464 g/mol. The molecule has 1 atom stereocenters. The van der Waals surface area contributed by atoms with Gasteiger partial charge in [0, 0.05) is 13.0 Å². The zero-order valence-electron chi connectivity index (χ0n) is 22.4. The molecule has 0 fully saturated rings. The molecule has 4 nitrogen and oxygen atoms in total. The fourth-order valence-corrected chi connectivity index (χ4v) is 4.18. The highest BCUT2D eigenvalue weighted by Gasteiger charge is 2.23. The lowest BCUT2D eigenvalue weighted by Gasteiger charge is -2.21. The van der Waals surface area contributed by atoms with Gasteiger partial charge in [0.15, 0.2) is 0 Å². The maximum atomic E-state index is 12.5. The van der Waals surface area contributed by atoms with E-state index >= 15 is 0 Å². The van der Waals surface area contributed by atoms with Crippen molar-refractivity contribution in [1.29, 1.82) is 0 Å². The van der Waals surface area contributed by atoms with Crippen LogP contribution in [-0.2, 0) is 9.59 Å². The molecule has 1 unspecified atom stereocenters. The van der Waals surface area contributed by atoms with Gasteiger partial charge in [-0.15, -0.1) is 6.58 Å². The topological polar surface area (TPSA) is 58.2 Å². The summed E-state index contributed by atoms with van der Waals surface area (Å²) in [5.74, 6) is -0.0183. The minimum absolute atomic E-state index is 0.0480. The lowest BCUT2D eigenvalue weighted by Crippen LogP contribution is -2.49. The average molecular weight is 465 g/mol. The second-order valence-corrected chi connectivity index (χ2v) is 10.1. The maximum absolute atomic E-state index is 12.5. The van der Waals surface area contributed by atoms with Crippen LogP contribution in [0.1, 0.15) is 143 Å². The van der Waals surface area contributed by atoms with Gasteiger partial charge in [-0.1, -0.05) is 123 Å². The van der Waals surface area contributed by atoms with Gasteiger partial charge in [0.1, 0.15) is 6.04 Å². The van der Waals surface area contributed by atoms with Crippen LogP contribution >= 0.6 is 0 Å². The molecule has 0 saturated carbocycles. The van der Waals surface area contributed by atoms with Gasteiger partial charge in [0.05, 0.1) is 0 Å². The summed E-state index contributed by atoms with van der Waals surface area (Å²) >= 11 is 0. The molecule has 0 heterocycles. The molecule has 194 valence electrons. The van der Waals surface area contributed by atoms with Gasteiger partial charge in [-0.05, 0) is 25.2 Å². The molecule has 0 rings (SSSR count). The number of nitrogens with one attached hydrogen (secondary N) is 2. The van der Waals surface area contributed by atoms with Crippen LogP contribution in [0.2, 0.25) is 0 Å². The summed E-state index contributed by atoms with van der Waals surface area (Å²) in [5.41, 5.74) is 0. The SMILES string of the molecule is C=CCCCC(=O)NC(C(=O)NCCCCCCCCCCCCCCCCCC)C(C)C. The van der Waals surface area contributed by atoms with Crippen LogP contribution in [0.25, 0.3) is 0 Å². The third kappa shape index (κ3) is 21.0. The highest BCUT2D eigenvalue weighted by atomic mass is 16.2. The Balaban J connectivity index is 3.57. The number of unbranched alkanes of at least 4 members (excludes halogenated alkanes) is 16. The largest absolute Gasteiger partial charge is 0.354 e. The van der Waals surface area contributed by atoms with Gasteiger partial charge in [0.2, 0.25) is 11.8 Å². The summed E-state index contributed by atoms with van der Waals surface area (Å²) in [7, 11) is 0. The minimum atomic E-state index is -0.442. The molecule has 2 amide bonds. The molecule has 0 aromatic carbocycles. The van der Waals surface area contributed by atoms with Crippen LogP contribution in [0.3, 0.4) is 0 Å². The Labute approximate surface area is 206 Å². The smallest absolute Gasteiger partial charge is 0.242 e. The van der Waals surface area contributed by atoms with Gasteiger partial charge in [-0.25, -0.2) is 0 Å². The van der Waals surface area contributed by atoms with Gasteiger partial charge in [0.25, 0.3) is 0 Å². The molecule has 2 N–H and O–H groups in total. The standard InChI is InChI=1S/C29H56N2O2/c1-5-7-9-10-11-12-13-14-15-16-17-18-19-20-21-23-25-30-29(33)28(26(3)4)31-27(32)24-22-8-6-2/h6,26,28H,2,5,7-25H2,1,3-4H3,(H,30,33)(H,31,32). The second-order valence-electron chi connectivity index (χ2n) is 10.1. The van der Waals surface area contributed by atoms with Crippen molar-refractivity contribution in [3.05, 3.63) is 12.7 Å². The molecule has 0 aliphatic rings. The molecular formula is C29H56N2O2. The first kappa shape index (κ1) is 31.7. The molecule has 4 heteroatoms. The van der Waals surface area contributed by atoms with E-state index < -0.39 is 6.04 Å². The van der Waals surface area contributed by atoms with Crippen LogP contribution in [0, 0.1) is 5.92 Å². The van der Waals surface area contributed by atoms with Crippen molar-refractivity contribution in [3.8, 4) is 0 Å². The van der Waals surface area contributed by atoms with Gasteiger partial charge in [-0.3, -0.25) is 9.59 Å². The fraction of sp³-hybridized carbons (Fsp3) is 0.862. The van der Waals surface area contributed by atoms with E-state index in [4.69, 9.17) is 0 Å². The number of allylic oxidation sites excluding steroid dienone is 1. The molecule has 0 radical (unpaired) electrons. The summed E-state index contributed by atoms with van der Waals surface area (Å²) in [6, 6.07) is -0.442. The van der Waals surface area contributed by atoms with E-state index in [-0.39, 0.29) is 17.7 Å². The predicted molar refractivity (Wildman–Crippen MR) is 143 cm³/mol. The van der Waals surface area contributed by atoms with Gasteiger partial charge >= 0.3 is 0 Å². The van der Waals surface area contributed by atoms with Gasteiger partial charge in [-0.2, -0.15) is 0 Å². The van der Waals surface area contributed by atoms with Crippen molar-refractivity contribution >= 4 is 11.8 Å². The maximum Gasteiger partial charge on any atom is 0.242 e. The third-order valence-corrected chi connectivity index (χ3v) is 6.41. The van der Waals surface area contributed by atoms with E-state index in [1.165, 1.54) is 96.3 Å². The molecular weight excluding hydrogens is 408 g/mol. The number of amides is 2. The summed E-state index contributed by atoms with van der Waals surface area (Å²) in [5, 5.41) is 5.91. The van der Waals surface area contributed by atoms with Crippen LogP contribution < -0.4 is 10.6 Å². The van der Waals surface area contributed by atoms with Crippen LogP contribution in [0.5, 0.6) is 0 Å². The molecule has 0 saturated heterocycles. The Morgan fingerprint density at radius 1 is 0.727 bits per heavy atom. The Kier molecular flexibility index (Phi) is 22.9. The summed E-state index contributed by atoms with van der Waals surface area (Å²) in [6.07, 6.45) is 25.4. The van der Waals surface area contributed by atoms with Crippen molar-refractivity contribution in [2.75, 3.05) is 6.54 Å². The first-order valence-electron chi connectivity index (χ1n) is 14.2. The lowest BCUT2D eigenvalue weighted by molar-refractivity contribution is -0.130. The van der Waals surface area contributed by atoms with Crippen molar-refractivity contribution in [2.24, 2.45) is 5.92 Å². The van der Waals surface area contributed by atoms with Crippen LogP contribution in [-0.4, -0.2) is 24.4 Å². The van der Waals surface area contributed by atoms with Crippen molar-refractivity contribution in [2.45, 2.75) is 149 Å². The van der Waals surface area contributed by atoms with E-state index in [2.05, 4.69) is 24.1 Å². The van der Waals surface area contributed by atoms with Crippen molar-refractivity contribution < 1.29 is 9.59 Å². The molecule has 0 aliphatic carbocycles. The number of hydrogen-bond acceptors (Lipinski definition) is 2. The molecule has 33 heavy (non-hydrogen) atoms. The second kappa shape index (κ2) is 23.8. The van der Waals surface area contributed by atoms with Crippen molar-refractivity contribution in [1.82, 2.24) is 10.6 Å². The summed E-state index contributed by atoms with van der Waals surface area (Å²) < 4.78 is 0. The van der Waals surface area contributed by atoms with Crippen molar-refractivity contribution in [3.63, 3.8) is 0 Å². The molecule has 0 aromatic heterocycles. The molecule has 0 aromatic rings. The Bertz CT molecular complexity index is 476. The molecule has 0 bridgehead atoms. The van der Waals surface area contributed by atoms with Crippen LogP contribution in [0.4, 0.5) is 0 Å². The quantitative estimate of drug-likeness (QED) is 0.113. The first-order valence-corrected chi connectivity index (χ1v) is 14.2. The highest BCUT2D eigenvalue weighted by Crippen LogP contribution is 2.13. The first-order chi connectivity index (χ1) is 16.0. The Morgan fingerprint density at radius 3 is 1.61 bits per heavy atom.